The number of para-hydroxylation sites is 1. The van der Waals surface area contributed by atoms with Crippen LogP contribution in [0.1, 0.15) is 44.6 Å². The Morgan fingerprint density at radius 3 is 2.72 bits per heavy atom. The lowest BCUT2D eigenvalue weighted by atomic mass is 9.97. The maximum Gasteiger partial charge on any atom is 0.239 e. The van der Waals surface area contributed by atoms with E-state index in [4.69, 9.17) is 4.74 Å². The van der Waals surface area contributed by atoms with Crippen LogP contribution < -0.4 is 10.1 Å². The number of amides is 2. The average molecular weight is 344 g/mol. The second-order valence-corrected chi connectivity index (χ2v) is 6.40. The SMILES string of the molecule is COc1ccccc1CN(CC(=O)NCCC1=CCCCC1)C(C)=O. The molecular formula is C20H28N2O3. The van der Waals surface area contributed by atoms with Crippen LogP contribution in [-0.4, -0.2) is 36.9 Å². The van der Waals surface area contributed by atoms with E-state index in [9.17, 15) is 9.59 Å². The molecule has 0 spiro atoms. The minimum Gasteiger partial charge on any atom is -0.496 e. The summed E-state index contributed by atoms with van der Waals surface area (Å²) >= 11 is 0. The number of nitrogens with zero attached hydrogens (tertiary/aromatic N) is 1. The Bertz CT molecular complexity index is 625. The van der Waals surface area contributed by atoms with Crippen molar-refractivity contribution in [1.29, 1.82) is 0 Å². The predicted octanol–water partition coefficient (Wildman–Crippen LogP) is 3.05. The molecule has 0 fully saturated rings. The molecule has 0 radical (unpaired) electrons. The fourth-order valence-electron chi connectivity index (χ4n) is 3.04. The number of allylic oxidation sites excluding steroid dienone is 1. The highest BCUT2D eigenvalue weighted by atomic mass is 16.5. The molecule has 0 bridgehead atoms. The van der Waals surface area contributed by atoms with Gasteiger partial charge in [-0.3, -0.25) is 9.59 Å². The first-order chi connectivity index (χ1) is 12.1. The van der Waals surface area contributed by atoms with Crippen LogP contribution in [0, 0.1) is 0 Å². The van der Waals surface area contributed by atoms with E-state index in [0.29, 0.717) is 13.1 Å². The van der Waals surface area contributed by atoms with Gasteiger partial charge in [-0.2, -0.15) is 0 Å². The highest BCUT2D eigenvalue weighted by molar-refractivity contribution is 5.83. The summed E-state index contributed by atoms with van der Waals surface area (Å²) in [6.45, 7) is 2.53. The fraction of sp³-hybridized carbons (Fsp3) is 0.500. The van der Waals surface area contributed by atoms with E-state index in [2.05, 4.69) is 11.4 Å². The topological polar surface area (TPSA) is 58.6 Å². The Labute approximate surface area is 150 Å². The van der Waals surface area contributed by atoms with Crippen molar-refractivity contribution in [3.63, 3.8) is 0 Å². The van der Waals surface area contributed by atoms with Crippen molar-refractivity contribution in [2.45, 2.75) is 45.6 Å². The van der Waals surface area contributed by atoms with Crippen LogP contribution in [0.2, 0.25) is 0 Å². The zero-order chi connectivity index (χ0) is 18.1. The number of ether oxygens (including phenoxy) is 1. The summed E-state index contributed by atoms with van der Waals surface area (Å²) in [5.74, 6) is 0.468. The molecule has 2 amide bonds. The van der Waals surface area contributed by atoms with Gasteiger partial charge in [-0.05, 0) is 38.2 Å². The molecule has 1 aromatic carbocycles. The maximum absolute atomic E-state index is 12.2. The van der Waals surface area contributed by atoms with E-state index in [-0.39, 0.29) is 18.4 Å². The second-order valence-electron chi connectivity index (χ2n) is 6.40. The molecule has 5 heteroatoms. The third-order valence-corrected chi connectivity index (χ3v) is 4.49. The van der Waals surface area contributed by atoms with Gasteiger partial charge in [-0.25, -0.2) is 0 Å². The lowest BCUT2D eigenvalue weighted by Gasteiger charge is -2.22. The van der Waals surface area contributed by atoms with Gasteiger partial charge in [-0.1, -0.05) is 29.8 Å². The molecule has 0 aliphatic heterocycles. The van der Waals surface area contributed by atoms with E-state index < -0.39 is 0 Å². The van der Waals surface area contributed by atoms with Crippen molar-refractivity contribution in [2.24, 2.45) is 0 Å². The maximum atomic E-state index is 12.2. The molecule has 0 unspecified atom stereocenters. The molecule has 0 atom stereocenters. The summed E-state index contributed by atoms with van der Waals surface area (Å²) in [5, 5.41) is 2.92. The number of hydrogen-bond donors (Lipinski definition) is 1. The Morgan fingerprint density at radius 2 is 2.04 bits per heavy atom. The molecular weight excluding hydrogens is 316 g/mol. The molecule has 1 aliphatic carbocycles. The van der Waals surface area contributed by atoms with Crippen molar-refractivity contribution in [1.82, 2.24) is 10.2 Å². The van der Waals surface area contributed by atoms with Crippen molar-refractivity contribution in [3.05, 3.63) is 41.5 Å². The average Bonchev–Trinajstić information content (AvgIpc) is 2.62. The highest BCUT2D eigenvalue weighted by Gasteiger charge is 2.16. The monoisotopic (exact) mass is 344 g/mol. The number of rotatable bonds is 8. The van der Waals surface area contributed by atoms with Crippen LogP contribution >= 0.6 is 0 Å². The molecule has 1 aliphatic rings. The molecule has 2 rings (SSSR count). The zero-order valence-electron chi connectivity index (χ0n) is 15.2. The summed E-state index contributed by atoms with van der Waals surface area (Å²) < 4.78 is 5.32. The molecule has 0 heterocycles. The first kappa shape index (κ1) is 19.0. The smallest absolute Gasteiger partial charge is 0.239 e. The number of nitrogens with one attached hydrogen (secondary N) is 1. The molecule has 0 aromatic heterocycles. The lowest BCUT2D eigenvalue weighted by Crippen LogP contribution is -2.39. The van der Waals surface area contributed by atoms with Crippen molar-refractivity contribution in [2.75, 3.05) is 20.2 Å². The van der Waals surface area contributed by atoms with E-state index in [1.165, 1.54) is 30.2 Å². The van der Waals surface area contributed by atoms with Gasteiger partial charge in [0.05, 0.1) is 13.7 Å². The summed E-state index contributed by atoms with van der Waals surface area (Å²) in [6.07, 6.45) is 8.00. The van der Waals surface area contributed by atoms with Crippen LogP contribution in [0.4, 0.5) is 0 Å². The predicted molar refractivity (Wildman–Crippen MR) is 98.3 cm³/mol. The van der Waals surface area contributed by atoms with Crippen LogP contribution in [0.3, 0.4) is 0 Å². The lowest BCUT2D eigenvalue weighted by molar-refractivity contribution is -0.134. The molecule has 0 saturated heterocycles. The molecule has 5 nitrogen and oxygen atoms in total. The van der Waals surface area contributed by atoms with E-state index >= 15 is 0 Å². The third-order valence-electron chi connectivity index (χ3n) is 4.49. The van der Waals surface area contributed by atoms with Gasteiger partial charge in [-0.15, -0.1) is 0 Å². The summed E-state index contributed by atoms with van der Waals surface area (Å²) in [5.41, 5.74) is 2.32. The number of hydrogen-bond acceptors (Lipinski definition) is 3. The molecule has 25 heavy (non-hydrogen) atoms. The van der Waals surface area contributed by atoms with E-state index in [1.54, 1.807) is 7.11 Å². The highest BCUT2D eigenvalue weighted by Crippen LogP contribution is 2.20. The van der Waals surface area contributed by atoms with Gasteiger partial charge in [0.15, 0.2) is 0 Å². The van der Waals surface area contributed by atoms with Crippen molar-refractivity contribution >= 4 is 11.8 Å². The molecule has 136 valence electrons. The third kappa shape index (κ3) is 6.25. The normalized spacial score (nSPS) is 13.8. The van der Waals surface area contributed by atoms with Crippen LogP contribution in [0.15, 0.2) is 35.9 Å². The van der Waals surface area contributed by atoms with Gasteiger partial charge in [0.2, 0.25) is 11.8 Å². The standard InChI is InChI=1S/C20H28N2O3/c1-16(23)22(14-18-10-6-7-11-19(18)25-2)15-20(24)21-13-12-17-8-4-3-5-9-17/h6-8,10-11H,3-5,9,12-15H2,1-2H3,(H,21,24). The largest absolute Gasteiger partial charge is 0.496 e. The number of methoxy groups -OCH3 is 1. The summed E-state index contributed by atoms with van der Waals surface area (Å²) in [6, 6.07) is 7.54. The Morgan fingerprint density at radius 1 is 1.24 bits per heavy atom. The van der Waals surface area contributed by atoms with Crippen LogP contribution in [0.5, 0.6) is 5.75 Å². The quantitative estimate of drug-likeness (QED) is 0.738. The van der Waals surface area contributed by atoms with Gasteiger partial charge < -0.3 is 15.0 Å². The molecule has 0 saturated carbocycles. The first-order valence-electron chi connectivity index (χ1n) is 8.92. The van der Waals surface area contributed by atoms with Crippen molar-refractivity contribution < 1.29 is 14.3 Å². The van der Waals surface area contributed by atoms with Crippen LogP contribution in [-0.2, 0) is 16.1 Å². The Kier molecular flexibility index (Phi) is 7.51. The second kappa shape index (κ2) is 9.87. The number of carbonyl (C=O) groups is 2. The number of benzene rings is 1. The van der Waals surface area contributed by atoms with Gasteiger partial charge in [0.1, 0.15) is 5.75 Å². The number of carbonyl (C=O) groups excluding carboxylic acids is 2. The zero-order valence-corrected chi connectivity index (χ0v) is 15.2. The van der Waals surface area contributed by atoms with Crippen LogP contribution in [0.25, 0.3) is 0 Å². The van der Waals surface area contributed by atoms with Crippen molar-refractivity contribution in [3.8, 4) is 5.75 Å². The van der Waals surface area contributed by atoms with E-state index in [1.807, 2.05) is 24.3 Å². The minimum atomic E-state index is -0.129. The molecule has 1 N–H and O–H groups in total. The van der Waals surface area contributed by atoms with Gasteiger partial charge in [0, 0.05) is 25.6 Å². The summed E-state index contributed by atoms with van der Waals surface area (Å²) in [4.78, 5) is 25.6. The Hall–Kier alpha value is -2.30. The van der Waals surface area contributed by atoms with Gasteiger partial charge >= 0.3 is 0 Å². The van der Waals surface area contributed by atoms with Gasteiger partial charge in [0.25, 0.3) is 0 Å². The first-order valence-corrected chi connectivity index (χ1v) is 8.92. The fourth-order valence-corrected chi connectivity index (χ4v) is 3.04. The molecule has 1 aromatic rings. The minimum absolute atomic E-state index is 0.0619. The Balaban J connectivity index is 1.84. The summed E-state index contributed by atoms with van der Waals surface area (Å²) in [7, 11) is 1.60. The van der Waals surface area contributed by atoms with E-state index in [0.717, 1.165) is 30.6 Å².